The monoisotopic (exact) mass is 316 g/mol. The van der Waals surface area contributed by atoms with Gasteiger partial charge in [-0.1, -0.05) is 19.4 Å². The third-order valence-electron chi connectivity index (χ3n) is 4.03. The Morgan fingerprint density at radius 1 is 1.57 bits per heavy atom. The summed E-state index contributed by atoms with van der Waals surface area (Å²) in [4.78, 5) is 14.1. The van der Waals surface area contributed by atoms with Gasteiger partial charge in [0.05, 0.1) is 10.4 Å². The van der Waals surface area contributed by atoms with Gasteiger partial charge in [-0.2, -0.15) is 5.26 Å². The van der Waals surface area contributed by atoms with Crippen LogP contribution in [0.5, 0.6) is 0 Å². The van der Waals surface area contributed by atoms with Gasteiger partial charge in [-0.05, 0) is 42.2 Å². The second kappa shape index (κ2) is 6.00. The van der Waals surface area contributed by atoms with E-state index in [1.54, 1.807) is 17.4 Å². The minimum absolute atomic E-state index is 0.118. The van der Waals surface area contributed by atoms with Crippen LogP contribution in [0.25, 0.3) is 0 Å². The number of anilines is 1. The van der Waals surface area contributed by atoms with Crippen molar-refractivity contribution in [3.63, 3.8) is 0 Å². The molecule has 2 aromatic rings. The highest BCUT2D eigenvalue weighted by atomic mass is 32.1. The van der Waals surface area contributed by atoms with Crippen molar-refractivity contribution in [2.45, 2.75) is 32.6 Å². The van der Waals surface area contributed by atoms with E-state index < -0.39 is 0 Å². The lowest BCUT2D eigenvalue weighted by Gasteiger charge is -2.20. The van der Waals surface area contributed by atoms with Crippen LogP contribution >= 0.6 is 22.7 Å². The minimum atomic E-state index is -0.118. The number of hydrogen-bond donors (Lipinski definition) is 1. The van der Waals surface area contributed by atoms with Gasteiger partial charge in [0.1, 0.15) is 11.1 Å². The Morgan fingerprint density at radius 3 is 3.10 bits per heavy atom. The molecule has 0 spiro atoms. The van der Waals surface area contributed by atoms with E-state index in [9.17, 15) is 10.1 Å². The number of hydrogen-bond acceptors (Lipinski definition) is 4. The van der Waals surface area contributed by atoms with E-state index in [2.05, 4.69) is 18.3 Å². The molecule has 21 heavy (non-hydrogen) atoms. The number of rotatable bonds is 3. The normalized spacial score (nSPS) is 17.0. The number of fused-ring (bicyclic) bond motifs is 1. The van der Waals surface area contributed by atoms with E-state index in [1.165, 1.54) is 22.6 Å². The molecular formula is C16H16N2OS2. The molecule has 0 saturated carbocycles. The van der Waals surface area contributed by atoms with Crippen LogP contribution in [0.1, 0.15) is 45.4 Å². The number of nitrogens with zero attached hydrogens (tertiary/aromatic N) is 1. The average molecular weight is 316 g/mol. The Hall–Kier alpha value is -1.64. The van der Waals surface area contributed by atoms with E-state index in [4.69, 9.17) is 0 Å². The van der Waals surface area contributed by atoms with E-state index >= 15 is 0 Å². The van der Waals surface area contributed by atoms with Crippen LogP contribution in [-0.4, -0.2) is 5.91 Å². The molecular weight excluding hydrogens is 300 g/mol. The summed E-state index contributed by atoms with van der Waals surface area (Å²) in [5, 5.41) is 15.0. The molecule has 1 aliphatic carbocycles. The molecule has 1 amide bonds. The van der Waals surface area contributed by atoms with Crippen molar-refractivity contribution in [2.24, 2.45) is 5.92 Å². The summed E-state index contributed by atoms with van der Waals surface area (Å²) in [7, 11) is 0. The van der Waals surface area contributed by atoms with Crippen LogP contribution < -0.4 is 5.32 Å². The van der Waals surface area contributed by atoms with Gasteiger partial charge < -0.3 is 5.32 Å². The maximum atomic E-state index is 12.2. The first-order chi connectivity index (χ1) is 10.2. The molecule has 1 unspecified atom stereocenters. The number of nitrogens with one attached hydrogen (secondary N) is 1. The van der Waals surface area contributed by atoms with E-state index in [0.29, 0.717) is 16.4 Å². The number of carbonyl (C=O) groups is 1. The van der Waals surface area contributed by atoms with Gasteiger partial charge >= 0.3 is 0 Å². The zero-order valence-electron chi connectivity index (χ0n) is 11.8. The maximum Gasteiger partial charge on any atom is 0.266 e. The molecule has 1 atom stereocenters. The zero-order valence-corrected chi connectivity index (χ0v) is 13.4. The number of amides is 1. The van der Waals surface area contributed by atoms with Gasteiger partial charge in [-0.3, -0.25) is 4.79 Å². The Labute approximate surface area is 132 Å². The Kier molecular flexibility index (Phi) is 4.09. The third kappa shape index (κ3) is 2.74. The smallest absolute Gasteiger partial charge is 0.266 e. The fourth-order valence-corrected chi connectivity index (χ4v) is 4.71. The van der Waals surface area contributed by atoms with Crippen LogP contribution in [0, 0.1) is 17.2 Å². The first-order valence-electron chi connectivity index (χ1n) is 7.12. The lowest BCUT2D eigenvalue weighted by Crippen LogP contribution is -2.12. The average Bonchev–Trinajstić information content (AvgIpc) is 3.13. The largest absolute Gasteiger partial charge is 0.312 e. The van der Waals surface area contributed by atoms with E-state index in [1.807, 2.05) is 11.4 Å². The highest BCUT2D eigenvalue weighted by Gasteiger charge is 2.25. The van der Waals surface area contributed by atoms with Crippen molar-refractivity contribution in [3.05, 3.63) is 38.4 Å². The van der Waals surface area contributed by atoms with Crippen molar-refractivity contribution in [1.82, 2.24) is 0 Å². The van der Waals surface area contributed by atoms with Crippen LogP contribution in [-0.2, 0) is 12.8 Å². The van der Waals surface area contributed by atoms with Gasteiger partial charge in [0.25, 0.3) is 5.91 Å². The van der Waals surface area contributed by atoms with Crippen molar-refractivity contribution < 1.29 is 4.79 Å². The number of carbonyl (C=O) groups excluding carboxylic acids is 1. The van der Waals surface area contributed by atoms with Gasteiger partial charge in [0, 0.05) is 4.88 Å². The van der Waals surface area contributed by atoms with E-state index in [-0.39, 0.29) is 5.91 Å². The topological polar surface area (TPSA) is 52.9 Å². The SMILES string of the molecule is CCC1CCc2c(sc(NC(=O)c3cccs3)c2C#N)C1. The number of nitriles is 1. The Morgan fingerprint density at radius 2 is 2.43 bits per heavy atom. The molecule has 2 heterocycles. The summed E-state index contributed by atoms with van der Waals surface area (Å²) in [5.74, 6) is 0.593. The molecule has 0 fully saturated rings. The minimum Gasteiger partial charge on any atom is -0.312 e. The van der Waals surface area contributed by atoms with Crippen molar-refractivity contribution in [2.75, 3.05) is 5.32 Å². The highest BCUT2D eigenvalue weighted by molar-refractivity contribution is 7.17. The zero-order chi connectivity index (χ0) is 14.8. The predicted octanol–water partition coefficient (Wildman–Crippen LogP) is 4.45. The molecule has 0 aliphatic heterocycles. The third-order valence-corrected chi connectivity index (χ3v) is 6.07. The number of thiophene rings is 2. The fraction of sp³-hybridized carbons (Fsp3) is 0.375. The van der Waals surface area contributed by atoms with Crippen molar-refractivity contribution in [1.29, 1.82) is 5.26 Å². The van der Waals surface area contributed by atoms with Crippen molar-refractivity contribution in [3.8, 4) is 6.07 Å². The van der Waals surface area contributed by atoms with Gasteiger partial charge in [-0.15, -0.1) is 22.7 Å². The second-order valence-corrected chi connectivity index (χ2v) is 7.32. The molecule has 2 aromatic heterocycles. The Bertz CT molecular complexity index is 695. The molecule has 5 heteroatoms. The quantitative estimate of drug-likeness (QED) is 0.909. The lowest BCUT2D eigenvalue weighted by atomic mass is 9.86. The van der Waals surface area contributed by atoms with Gasteiger partial charge in [-0.25, -0.2) is 0 Å². The van der Waals surface area contributed by atoms with Crippen LogP contribution in [0.3, 0.4) is 0 Å². The summed E-state index contributed by atoms with van der Waals surface area (Å²) in [5.41, 5.74) is 1.84. The molecule has 108 valence electrons. The summed E-state index contributed by atoms with van der Waals surface area (Å²) in [6, 6.07) is 5.94. The van der Waals surface area contributed by atoms with Crippen LogP contribution in [0.15, 0.2) is 17.5 Å². The first-order valence-corrected chi connectivity index (χ1v) is 8.82. The fourth-order valence-electron chi connectivity index (χ4n) is 2.78. The van der Waals surface area contributed by atoms with Crippen LogP contribution in [0.2, 0.25) is 0 Å². The van der Waals surface area contributed by atoms with E-state index in [0.717, 1.165) is 29.8 Å². The standard InChI is InChI=1S/C16H16N2OS2/c1-2-10-5-6-11-12(9-17)16(21-14(11)8-10)18-15(19)13-4-3-7-20-13/h3-4,7,10H,2,5-6,8H2,1H3,(H,18,19). The molecule has 0 bridgehead atoms. The maximum absolute atomic E-state index is 12.2. The molecule has 0 saturated heterocycles. The molecule has 0 aromatic carbocycles. The van der Waals surface area contributed by atoms with Gasteiger partial charge in [0.15, 0.2) is 0 Å². The predicted molar refractivity (Wildman–Crippen MR) is 87.1 cm³/mol. The summed E-state index contributed by atoms with van der Waals surface area (Å²) >= 11 is 2.99. The molecule has 1 aliphatic rings. The molecule has 3 rings (SSSR count). The Balaban J connectivity index is 1.88. The van der Waals surface area contributed by atoms with Crippen LogP contribution in [0.4, 0.5) is 5.00 Å². The molecule has 1 N–H and O–H groups in total. The first kappa shape index (κ1) is 14.3. The van der Waals surface area contributed by atoms with Crippen molar-refractivity contribution >= 4 is 33.6 Å². The summed E-state index contributed by atoms with van der Waals surface area (Å²) < 4.78 is 0. The van der Waals surface area contributed by atoms with Gasteiger partial charge in [0.2, 0.25) is 0 Å². The molecule has 0 radical (unpaired) electrons. The summed E-state index contributed by atoms with van der Waals surface area (Å²) in [6.07, 6.45) is 4.32. The lowest BCUT2D eigenvalue weighted by molar-refractivity contribution is 0.103. The second-order valence-electron chi connectivity index (χ2n) is 5.27. The highest BCUT2D eigenvalue weighted by Crippen LogP contribution is 2.40. The summed E-state index contributed by atoms with van der Waals surface area (Å²) in [6.45, 7) is 2.22. The molecule has 3 nitrogen and oxygen atoms in total.